The Kier molecular flexibility index (Phi) is 3.39. The minimum absolute atomic E-state index is 0.105. The quantitative estimate of drug-likeness (QED) is 0.537. The molecular formula is C23H18N2O. The number of nitrogens with zero attached hydrogens (tertiary/aromatic N) is 1. The molecular weight excluding hydrogens is 320 g/mol. The zero-order valence-electron chi connectivity index (χ0n) is 14.3. The number of aryl methyl sites for hydroxylation is 1. The van der Waals surface area contributed by atoms with Crippen molar-refractivity contribution in [3.8, 4) is 16.8 Å². The van der Waals surface area contributed by atoms with Gasteiger partial charge in [-0.15, -0.1) is 0 Å². The topological polar surface area (TPSA) is 34.0 Å². The second kappa shape index (κ2) is 5.88. The Labute approximate surface area is 151 Å². The third kappa shape index (κ3) is 2.49. The van der Waals surface area contributed by atoms with Crippen molar-refractivity contribution in [2.75, 3.05) is 5.32 Å². The summed E-state index contributed by atoms with van der Waals surface area (Å²) >= 11 is 0. The highest BCUT2D eigenvalue weighted by atomic mass is 16.1. The zero-order chi connectivity index (χ0) is 17.5. The van der Waals surface area contributed by atoms with E-state index in [1.54, 1.807) is 0 Å². The van der Waals surface area contributed by atoms with E-state index in [-0.39, 0.29) is 5.91 Å². The molecule has 5 rings (SSSR count). The molecule has 3 heteroatoms. The average Bonchev–Trinajstić information content (AvgIpc) is 3.12. The van der Waals surface area contributed by atoms with Crippen molar-refractivity contribution in [3.63, 3.8) is 0 Å². The van der Waals surface area contributed by atoms with Crippen LogP contribution in [-0.2, 0) is 11.2 Å². The van der Waals surface area contributed by atoms with E-state index in [0.29, 0.717) is 6.42 Å². The molecule has 2 heterocycles. The molecule has 1 aliphatic rings. The fourth-order valence-electron chi connectivity index (χ4n) is 3.69. The first-order valence-electron chi connectivity index (χ1n) is 8.88. The van der Waals surface area contributed by atoms with Crippen molar-refractivity contribution in [2.24, 2.45) is 0 Å². The molecule has 26 heavy (non-hydrogen) atoms. The predicted octanol–water partition coefficient (Wildman–Crippen LogP) is 5.18. The number of para-hydroxylation sites is 1. The van der Waals surface area contributed by atoms with Crippen LogP contribution in [0.3, 0.4) is 0 Å². The number of fused-ring (bicyclic) bond motifs is 2. The van der Waals surface area contributed by atoms with Crippen LogP contribution in [0.15, 0.2) is 79.0 Å². The number of anilines is 1. The second-order valence-electron chi connectivity index (χ2n) is 6.71. The SMILES string of the molecule is O=C1CCc2cc(-c3ccc(-n4ccc5ccccc54)cc3)ccc2N1. The van der Waals surface area contributed by atoms with Crippen molar-refractivity contribution >= 4 is 22.5 Å². The maximum Gasteiger partial charge on any atom is 0.224 e. The minimum atomic E-state index is 0.105. The monoisotopic (exact) mass is 338 g/mol. The number of hydrogen-bond acceptors (Lipinski definition) is 1. The molecule has 0 saturated heterocycles. The van der Waals surface area contributed by atoms with Gasteiger partial charge in [0.25, 0.3) is 0 Å². The van der Waals surface area contributed by atoms with Gasteiger partial charge in [0.15, 0.2) is 0 Å². The van der Waals surface area contributed by atoms with E-state index in [2.05, 4.69) is 82.8 Å². The van der Waals surface area contributed by atoms with Gasteiger partial charge in [0.05, 0.1) is 5.52 Å². The van der Waals surface area contributed by atoms with Gasteiger partial charge < -0.3 is 9.88 Å². The maximum absolute atomic E-state index is 11.5. The lowest BCUT2D eigenvalue weighted by Crippen LogP contribution is -2.18. The fourth-order valence-corrected chi connectivity index (χ4v) is 3.69. The molecule has 1 aliphatic heterocycles. The smallest absolute Gasteiger partial charge is 0.224 e. The first-order chi connectivity index (χ1) is 12.8. The van der Waals surface area contributed by atoms with Crippen LogP contribution in [0.25, 0.3) is 27.7 Å². The van der Waals surface area contributed by atoms with Gasteiger partial charge in [-0.25, -0.2) is 0 Å². The standard InChI is InChI=1S/C23H18N2O/c26-23-12-8-19-15-18(7-11-21(19)24-23)16-5-9-20(10-6-16)25-14-13-17-3-1-2-4-22(17)25/h1-7,9-11,13-15H,8,12H2,(H,24,26). The van der Waals surface area contributed by atoms with Crippen LogP contribution in [0.2, 0.25) is 0 Å². The van der Waals surface area contributed by atoms with Gasteiger partial charge in [0.1, 0.15) is 0 Å². The van der Waals surface area contributed by atoms with Crippen LogP contribution in [0, 0.1) is 0 Å². The van der Waals surface area contributed by atoms with Gasteiger partial charge in [-0.05, 0) is 64.9 Å². The second-order valence-corrected chi connectivity index (χ2v) is 6.71. The van der Waals surface area contributed by atoms with Crippen LogP contribution in [0.5, 0.6) is 0 Å². The number of benzene rings is 3. The summed E-state index contributed by atoms with van der Waals surface area (Å²) in [5, 5.41) is 4.18. The van der Waals surface area contributed by atoms with Gasteiger partial charge in [-0.2, -0.15) is 0 Å². The maximum atomic E-state index is 11.5. The highest BCUT2D eigenvalue weighted by Gasteiger charge is 2.15. The normalized spacial score (nSPS) is 13.5. The van der Waals surface area contributed by atoms with Gasteiger partial charge in [-0.3, -0.25) is 4.79 Å². The summed E-state index contributed by atoms with van der Waals surface area (Å²) in [7, 11) is 0. The van der Waals surface area contributed by atoms with Crippen LogP contribution >= 0.6 is 0 Å². The van der Waals surface area contributed by atoms with E-state index >= 15 is 0 Å². The fraction of sp³-hybridized carbons (Fsp3) is 0.0870. The summed E-state index contributed by atoms with van der Waals surface area (Å²) in [6.45, 7) is 0. The van der Waals surface area contributed by atoms with E-state index in [1.807, 2.05) is 6.07 Å². The molecule has 4 aromatic rings. The lowest BCUT2D eigenvalue weighted by molar-refractivity contribution is -0.116. The largest absolute Gasteiger partial charge is 0.326 e. The third-order valence-electron chi connectivity index (χ3n) is 5.08. The Hall–Kier alpha value is -3.33. The molecule has 0 bridgehead atoms. The van der Waals surface area contributed by atoms with E-state index in [1.165, 1.54) is 27.6 Å². The van der Waals surface area contributed by atoms with Gasteiger partial charge in [0, 0.05) is 24.0 Å². The molecule has 0 unspecified atom stereocenters. The number of nitrogens with one attached hydrogen (secondary N) is 1. The zero-order valence-corrected chi connectivity index (χ0v) is 14.3. The van der Waals surface area contributed by atoms with Crippen molar-refractivity contribution in [1.29, 1.82) is 0 Å². The summed E-state index contributed by atoms with van der Waals surface area (Å²) in [6.07, 6.45) is 3.49. The van der Waals surface area contributed by atoms with Gasteiger partial charge >= 0.3 is 0 Å². The number of carbonyl (C=O) groups is 1. The van der Waals surface area contributed by atoms with Gasteiger partial charge in [-0.1, -0.05) is 36.4 Å². The molecule has 3 aromatic carbocycles. The third-order valence-corrected chi connectivity index (χ3v) is 5.08. The number of aromatic nitrogens is 1. The molecule has 1 N–H and O–H groups in total. The Morgan fingerprint density at radius 3 is 2.50 bits per heavy atom. The van der Waals surface area contributed by atoms with E-state index in [4.69, 9.17) is 0 Å². The summed E-state index contributed by atoms with van der Waals surface area (Å²) in [4.78, 5) is 11.5. The Balaban J connectivity index is 1.50. The lowest BCUT2D eigenvalue weighted by Gasteiger charge is -2.17. The molecule has 3 nitrogen and oxygen atoms in total. The summed E-state index contributed by atoms with van der Waals surface area (Å²) in [6, 6.07) is 25.4. The number of hydrogen-bond donors (Lipinski definition) is 1. The van der Waals surface area contributed by atoms with E-state index < -0.39 is 0 Å². The van der Waals surface area contributed by atoms with Crippen LogP contribution in [0.1, 0.15) is 12.0 Å². The summed E-state index contributed by atoms with van der Waals surface area (Å²) in [5.74, 6) is 0.105. The summed E-state index contributed by atoms with van der Waals surface area (Å²) < 4.78 is 2.21. The first kappa shape index (κ1) is 15.0. The van der Waals surface area contributed by atoms with Crippen molar-refractivity contribution < 1.29 is 4.79 Å². The Morgan fingerprint density at radius 2 is 1.62 bits per heavy atom. The highest BCUT2D eigenvalue weighted by Crippen LogP contribution is 2.29. The number of carbonyl (C=O) groups excluding carboxylic acids is 1. The van der Waals surface area contributed by atoms with Crippen molar-refractivity contribution in [2.45, 2.75) is 12.8 Å². The van der Waals surface area contributed by atoms with Crippen LogP contribution in [0.4, 0.5) is 5.69 Å². The average molecular weight is 338 g/mol. The van der Waals surface area contributed by atoms with Crippen LogP contribution in [-0.4, -0.2) is 10.5 Å². The Bertz CT molecular complexity index is 1120. The lowest BCUT2D eigenvalue weighted by atomic mass is 9.97. The van der Waals surface area contributed by atoms with Crippen molar-refractivity contribution in [1.82, 2.24) is 4.57 Å². The molecule has 1 aromatic heterocycles. The molecule has 0 spiro atoms. The minimum Gasteiger partial charge on any atom is -0.326 e. The summed E-state index contributed by atoms with van der Waals surface area (Å²) in [5.41, 5.74) is 6.89. The predicted molar refractivity (Wildman–Crippen MR) is 106 cm³/mol. The highest BCUT2D eigenvalue weighted by molar-refractivity contribution is 5.94. The number of rotatable bonds is 2. The van der Waals surface area contributed by atoms with Crippen LogP contribution < -0.4 is 5.32 Å². The van der Waals surface area contributed by atoms with Crippen molar-refractivity contribution in [3.05, 3.63) is 84.6 Å². The molecule has 126 valence electrons. The first-order valence-corrected chi connectivity index (χ1v) is 8.88. The molecule has 0 fully saturated rings. The molecule has 0 saturated carbocycles. The molecule has 0 aliphatic carbocycles. The van der Waals surface area contributed by atoms with E-state index in [0.717, 1.165) is 17.8 Å². The number of amides is 1. The molecule has 0 radical (unpaired) electrons. The molecule has 0 atom stereocenters. The molecule has 1 amide bonds. The Morgan fingerprint density at radius 1 is 0.808 bits per heavy atom. The van der Waals surface area contributed by atoms with Gasteiger partial charge in [0.2, 0.25) is 5.91 Å². The van der Waals surface area contributed by atoms with E-state index in [9.17, 15) is 4.79 Å².